The number of piperidine rings is 1. The van der Waals surface area contributed by atoms with E-state index in [1.54, 1.807) is 4.90 Å². The number of anilines is 1. The molecular formula is C19H29N3O2. The number of aryl methyl sites for hydroxylation is 1. The first-order valence-electron chi connectivity index (χ1n) is 8.89. The van der Waals surface area contributed by atoms with Gasteiger partial charge in [0.05, 0.1) is 6.54 Å². The average Bonchev–Trinajstić information content (AvgIpc) is 2.56. The minimum absolute atomic E-state index is 0.0269. The quantitative estimate of drug-likeness (QED) is 0.842. The minimum Gasteiger partial charge on any atom is -0.333 e. The topological polar surface area (TPSA) is 61.4 Å². The molecule has 0 saturated carbocycles. The molecule has 2 rings (SSSR count). The fraction of sp³-hybridized carbons (Fsp3) is 0.579. The molecule has 5 heteroatoms. The van der Waals surface area contributed by atoms with Gasteiger partial charge in [-0.1, -0.05) is 25.1 Å². The molecule has 2 N–H and O–H groups in total. The minimum atomic E-state index is -0.131. The second-order valence-electron chi connectivity index (χ2n) is 6.70. The molecule has 2 atom stereocenters. The van der Waals surface area contributed by atoms with Crippen LogP contribution in [0.15, 0.2) is 24.3 Å². The maximum Gasteiger partial charge on any atom is 0.244 e. The number of benzene rings is 1. The zero-order chi connectivity index (χ0) is 17.5. The Balaban J connectivity index is 1.98. The Labute approximate surface area is 144 Å². The molecule has 1 aliphatic heterocycles. The lowest BCUT2D eigenvalue weighted by atomic mass is 9.92. The Kier molecular flexibility index (Phi) is 6.79. The Morgan fingerprint density at radius 2 is 2.08 bits per heavy atom. The second kappa shape index (κ2) is 8.83. The second-order valence-corrected chi connectivity index (χ2v) is 6.70. The highest BCUT2D eigenvalue weighted by molar-refractivity contribution is 5.95. The first-order chi connectivity index (χ1) is 11.5. The number of amides is 2. The van der Waals surface area contributed by atoms with Crippen molar-refractivity contribution >= 4 is 17.5 Å². The average molecular weight is 331 g/mol. The summed E-state index contributed by atoms with van der Waals surface area (Å²) < 4.78 is 0. The lowest BCUT2D eigenvalue weighted by molar-refractivity contribution is -0.139. The molecule has 1 fully saturated rings. The van der Waals surface area contributed by atoms with Crippen molar-refractivity contribution in [2.45, 2.75) is 46.1 Å². The van der Waals surface area contributed by atoms with Crippen LogP contribution in [-0.4, -0.2) is 42.4 Å². The highest BCUT2D eigenvalue weighted by atomic mass is 16.2. The summed E-state index contributed by atoms with van der Waals surface area (Å²) in [6.45, 7) is 7.71. The van der Waals surface area contributed by atoms with Crippen molar-refractivity contribution in [3.05, 3.63) is 29.8 Å². The van der Waals surface area contributed by atoms with Gasteiger partial charge >= 0.3 is 0 Å². The molecule has 0 spiro atoms. The van der Waals surface area contributed by atoms with Gasteiger partial charge in [-0.2, -0.15) is 0 Å². The van der Waals surface area contributed by atoms with E-state index in [-0.39, 0.29) is 24.3 Å². The number of nitrogens with zero attached hydrogens (tertiary/aromatic N) is 1. The van der Waals surface area contributed by atoms with Gasteiger partial charge in [0, 0.05) is 24.2 Å². The zero-order valence-electron chi connectivity index (χ0n) is 15.0. The normalized spacial score (nSPS) is 20.5. The van der Waals surface area contributed by atoms with Crippen LogP contribution in [0.2, 0.25) is 0 Å². The van der Waals surface area contributed by atoms with Gasteiger partial charge in [-0.3, -0.25) is 9.59 Å². The molecule has 5 nitrogen and oxygen atoms in total. The summed E-state index contributed by atoms with van der Waals surface area (Å²) in [5.41, 5.74) is 1.83. The molecule has 0 aliphatic carbocycles. The fourth-order valence-corrected chi connectivity index (χ4v) is 3.23. The van der Waals surface area contributed by atoms with Gasteiger partial charge in [0.2, 0.25) is 11.8 Å². The van der Waals surface area contributed by atoms with Crippen molar-refractivity contribution in [1.29, 1.82) is 0 Å². The van der Waals surface area contributed by atoms with Crippen LogP contribution >= 0.6 is 0 Å². The summed E-state index contributed by atoms with van der Waals surface area (Å²) in [6, 6.07) is 8.04. The van der Waals surface area contributed by atoms with E-state index in [9.17, 15) is 9.59 Å². The van der Waals surface area contributed by atoms with E-state index in [1.165, 1.54) is 0 Å². The molecule has 0 unspecified atom stereocenters. The molecular weight excluding hydrogens is 302 g/mol. The SMILES string of the molecule is CCCN(CC(=O)Nc1ccccc1C)C(=O)[C@H]1CCN[C@@H](C)C1. The number of nitrogens with one attached hydrogen (secondary N) is 2. The Bertz CT molecular complexity index is 573. The molecule has 1 aromatic rings. The van der Waals surface area contributed by atoms with Gasteiger partial charge in [-0.05, 0) is 51.3 Å². The van der Waals surface area contributed by atoms with Gasteiger partial charge in [-0.25, -0.2) is 0 Å². The van der Waals surface area contributed by atoms with Crippen molar-refractivity contribution in [2.24, 2.45) is 5.92 Å². The Morgan fingerprint density at radius 3 is 2.75 bits per heavy atom. The van der Waals surface area contributed by atoms with Crippen molar-refractivity contribution in [3.63, 3.8) is 0 Å². The molecule has 0 bridgehead atoms. The van der Waals surface area contributed by atoms with Gasteiger partial charge in [0.25, 0.3) is 0 Å². The predicted molar refractivity (Wildman–Crippen MR) is 96.9 cm³/mol. The lowest BCUT2D eigenvalue weighted by Gasteiger charge is -2.31. The van der Waals surface area contributed by atoms with Crippen LogP contribution in [0.25, 0.3) is 0 Å². The Hall–Kier alpha value is -1.88. The predicted octanol–water partition coefficient (Wildman–Crippen LogP) is 2.56. The van der Waals surface area contributed by atoms with Crippen LogP contribution in [0.3, 0.4) is 0 Å². The van der Waals surface area contributed by atoms with E-state index < -0.39 is 0 Å². The third kappa shape index (κ3) is 5.06. The van der Waals surface area contributed by atoms with E-state index in [4.69, 9.17) is 0 Å². The van der Waals surface area contributed by atoms with Gasteiger partial charge in [0.15, 0.2) is 0 Å². The standard InChI is InChI=1S/C19H29N3O2/c1-4-11-22(19(24)16-9-10-20-15(3)12-16)13-18(23)21-17-8-6-5-7-14(17)2/h5-8,15-16,20H,4,9-13H2,1-3H3,(H,21,23)/t15-,16-/m0/s1. The number of hydrogen-bond acceptors (Lipinski definition) is 3. The third-order valence-corrected chi connectivity index (χ3v) is 4.53. The zero-order valence-corrected chi connectivity index (χ0v) is 15.0. The maximum atomic E-state index is 12.8. The van der Waals surface area contributed by atoms with Gasteiger partial charge < -0.3 is 15.5 Å². The van der Waals surface area contributed by atoms with Crippen molar-refractivity contribution < 1.29 is 9.59 Å². The van der Waals surface area contributed by atoms with E-state index in [0.29, 0.717) is 12.6 Å². The molecule has 2 amide bonds. The number of rotatable bonds is 6. The Morgan fingerprint density at radius 1 is 1.33 bits per heavy atom. The summed E-state index contributed by atoms with van der Waals surface area (Å²) in [4.78, 5) is 26.9. The van der Waals surface area contributed by atoms with E-state index in [0.717, 1.165) is 37.1 Å². The first kappa shape index (κ1) is 18.5. The smallest absolute Gasteiger partial charge is 0.244 e. The van der Waals surface area contributed by atoms with E-state index in [2.05, 4.69) is 17.6 Å². The van der Waals surface area contributed by atoms with Crippen LogP contribution < -0.4 is 10.6 Å². The molecule has 1 aromatic carbocycles. The monoisotopic (exact) mass is 331 g/mol. The van der Waals surface area contributed by atoms with E-state index in [1.807, 2.05) is 38.1 Å². The van der Waals surface area contributed by atoms with Gasteiger partial charge in [-0.15, -0.1) is 0 Å². The first-order valence-corrected chi connectivity index (χ1v) is 8.89. The number of para-hydroxylation sites is 1. The van der Waals surface area contributed by atoms with Crippen molar-refractivity contribution in [1.82, 2.24) is 10.2 Å². The summed E-state index contributed by atoms with van der Waals surface area (Å²) in [6.07, 6.45) is 2.55. The van der Waals surface area contributed by atoms with Crippen LogP contribution in [-0.2, 0) is 9.59 Å². The number of carbonyl (C=O) groups excluding carboxylic acids is 2. The highest BCUT2D eigenvalue weighted by Gasteiger charge is 2.29. The van der Waals surface area contributed by atoms with Gasteiger partial charge in [0.1, 0.15) is 0 Å². The summed E-state index contributed by atoms with van der Waals surface area (Å²) in [5.74, 6) is 0.0114. The molecule has 1 aliphatic rings. The van der Waals surface area contributed by atoms with Crippen LogP contribution in [0.4, 0.5) is 5.69 Å². The lowest BCUT2D eigenvalue weighted by Crippen LogP contribution is -2.46. The highest BCUT2D eigenvalue weighted by Crippen LogP contribution is 2.19. The third-order valence-electron chi connectivity index (χ3n) is 4.53. The number of carbonyl (C=O) groups is 2. The summed E-state index contributed by atoms with van der Waals surface area (Å²) in [7, 11) is 0. The summed E-state index contributed by atoms with van der Waals surface area (Å²) in [5, 5.41) is 6.29. The molecule has 1 heterocycles. The largest absolute Gasteiger partial charge is 0.333 e. The van der Waals surface area contributed by atoms with Crippen molar-refractivity contribution in [2.75, 3.05) is 25.0 Å². The van der Waals surface area contributed by atoms with Crippen molar-refractivity contribution in [3.8, 4) is 0 Å². The molecule has 0 aromatic heterocycles. The fourth-order valence-electron chi connectivity index (χ4n) is 3.23. The van der Waals surface area contributed by atoms with Crippen LogP contribution in [0.1, 0.15) is 38.7 Å². The molecule has 1 saturated heterocycles. The van der Waals surface area contributed by atoms with Crippen LogP contribution in [0, 0.1) is 12.8 Å². The molecule has 0 radical (unpaired) electrons. The van der Waals surface area contributed by atoms with Crippen LogP contribution in [0.5, 0.6) is 0 Å². The molecule has 132 valence electrons. The maximum absolute atomic E-state index is 12.8. The summed E-state index contributed by atoms with van der Waals surface area (Å²) >= 11 is 0. The molecule has 24 heavy (non-hydrogen) atoms. The van der Waals surface area contributed by atoms with E-state index >= 15 is 0 Å². The number of hydrogen-bond donors (Lipinski definition) is 2.